The Hall–Kier alpha value is -2.54. The van der Waals surface area contributed by atoms with Gasteiger partial charge in [0.15, 0.2) is 0 Å². The molecule has 0 saturated carbocycles. The number of piperazine rings is 1. The summed E-state index contributed by atoms with van der Waals surface area (Å²) in [4.78, 5) is 31.3. The van der Waals surface area contributed by atoms with Crippen LogP contribution in [0, 0.1) is 0 Å². The molecule has 2 aromatic heterocycles. The van der Waals surface area contributed by atoms with E-state index in [9.17, 15) is 4.79 Å². The highest BCUT2D eigenvalue weighted by Gasteiger charge is 2.24. The molecule has 1 amide bonds. The number of nitrogens with zero attached hydrogens (tertiary/aromatic N) is 6. The van der Waals surface area contributed by atoms with Crippen LogP contribution in [0.15, 0.2) is 43.1 Å². The highest BCUT2D eigenvalue weighted by atomic mass is 16.2. The summed E-state index contributed by atoms with van der Waals surface area (Å²) in [6.07, 6.45) is 8.70. The second-order valence-corrected chi connectivity index (χ2v) is 6.30. The number of hydrogen-bond donors (Lipinski definition) is 0. The zero-order chi connectivity index (χ0) is 17.6. The summed E-state index contributed by atoms with van der Waals surface area (Å²) < 4.78 is 0. The molecule has 1 aliphatic heterocycles. The van der Waals surface area contributed by atoms with Crippen molar-refractivity contribution < 1.29 is 4.79 Å². The topological polar surface area (TPSA) is 65.5 Å². The van der Waals surface area contributed by atoms with Gasteiger partial charge in [-0.05, 0) is 31.7 Å². The van der Waals surface area contributed by atoms with Gasteiger partial charge < -0.3 is 9.80 Å². The lowest BCUT2D eigenvalue weighted by Gasteiger charge is -2.36. The molecule has 7 nitrogen and oxygen atoms in total. The molecule has 25 heavy (non-hydrogen) atoms. The van der Waals surface area contributed by atoms with E-state index in [1.54, 1.807) is 31.0 Å². The summed E-state index contributed by atoms with van der Waals surface area (Å²) in [5, 5.41) is 0. The van der Waals surface area contributed by atoms with Crippen molar-refractivity contribution >= 4 is 11.7 Å². The largest absolute Gasteiger partial charge is 0.352 e. The molecule has 7 heteroatoms. The molecule has 1 atom stereocenters. The maximum absolute atomic E-state index is 12.6. The van der Waals surface area contributed by atoms with Crippen molar-refractivity contribution in [1.82, 2.24) is 24.8 Å². The van der Waals surface area contributed by atoms with Crippen molar-refractivity contribution in [3.05, 3.63) is 48.7 Å². The van der Waals surface area contributed by atoms with E-state index in [-0.39, 0.29) is 11.9 Å². The Morgan fingerprint density at radius 1 is 1.12 bits per heavy atom. The number of pyridine rings is 1. The summed E-state index contributed by atoms with van der Waals surface area (Å²) in [5.41, 5.74) is 1.16. The van der Waals surface area contributed by atoms with Crippen LogP contribution in [0.4, 0.5) is 5.82 Å². The first-order chi connectivity index (χ1) is 12.1. The molecule has 0 radical (unpaired) electrons. The van der Waals surface area contributed by atoms with Crippen molar-refractivity contribution in [1.29, 1.82) is 0 Å². The quantitative estimate of drug-likeness (QED) is 0.815. The summed E-state index contributed by atoms with van der Waals surface area (Å²) in [5.74, 6) is 1.04. The minimum atomic E-state index is 0.169. The molecule has 2 aromatic rings. The van der Waals surface area contributed by atoms with Crippen LogP contribution in [0.3, 0.4) is 0 Å². The minimum absolute atomic E-state index is 0.169. The van der Waals surface area contributed by atoms with Gasteiger partial charge in [-0.3, -0.25) is 19.7 Å². The van der Waals surface area contributed by atoms with Crippen molar-refractivity contribution in [3.8, 4) is 0 Å². The Morgan fingerprint density at radius 2 is 1.84 bits per heavy atom. The lowest BCUT2D eigenvalue weighted by atomic mass is 10.1. The van der Waals surface area contributed by atoms with E-state index in [0.717, 1.165) is 24.5 Å². The van der Waals surface area contributed by atoms with Crippen LogP contribution in [-0.4, -0.2) is 70.4 Å². The van der Waals surface area contributed by atoms with Gasteiger partial charge in [-0.2, -0.15) is 0 Å². The van der Waals surface area contributed by atoms with Gasteiger partial charge in [-0.15, -0.1) is 0 Å². The van der Waals surface area contributed by atoms with Gasteiger partial charge in [0, 0.05) is 57.0 Å². The average molecular weight is 340 g/mol. The standard InChI is InChI=1S/C18H24N6O/c1-15(16-3-5-19-6-4-16)22(2)14-18(25)24-11-9-23(10-12-24)17-13-20-7-8-21-17/h3-8,13,15H,9-12,14H2,1-2H3. The summed E-state index contributed by atoms with van der Waals surface area (Å²) >= 11 is 0. The SMILES string of the molecule is CC(c1ccncc1)N(C)CC(=O)N1CCN(c2cnccn2)CC1. The second kappa shape index (κ2) is 8.02. The molecule has 1 unspecified atom stereocenters. The summed E-state index contributed by atoms with van der Waals surface area (Å²) in [6, 6.07) is 4.16. The van der Waals surface area contributed by atoms with Gasteiger partial charge in [0.2, 0.25) is 5.91 Å². The predicted molar refractivity (Wildman–Crippen MR) is 96.1 cm³/mol. The van der Waals surface area contributed by atoms with Crippen LogP contribution in [0.25, 0.3) is 0 Å². The predicted octanol–water partition coefficient (Wildman–Crippen LogP) is 1.21. The highest BCUT2D eigenvalue weighted by molar-refractivity contribution is 5.78. The third kappa shape index (κ3) is 4.30. The minimum Gasteiger partial charge on any atom is -0.352 e. The number of anilines is 1. The molecular formula is C18H24N6O. The Labute approximate surface area is 148 Å². The van der Waals surface area contributed by atoms with Gasteiger partial charge in [0.25, 0.3) is 0 Å². The van der Waals surface area contributed by atoms with E-state index in [2.05, 4.69) is 31.7 Å². The fraction of sp³-hybridized carbons (Fsp3) is 0.444. The average Bonchev–Trinajstić information content (AvgIpc) is 2.68. The Balaban J connectivity index is 1.51. The molecule has 0 aliphatic carbocycles. The molecule has 132 valence electrons. The number of carbonyl (C=O) groups excluding carboxylic acids is 1. The first kappa shape index (κ1) is 17.3. The Kier molecular flexibility index (Phi) is 5.55. The lowest BCUT2D eigenvalue weighted by molar-refractivity contribution is -0.132. The number of rotatable bonds is 5. The fourth-order valence-corrected chi connectivity index (χ4v) is 2.99. The zero-order valence-corrected chi connectivity index (χ0v) is 14.7. The van der Waals surface area contributed by atoms with Crippen molar-refractivity contribution in [2.24, 2.45) is 0 Å². The molecule has 1 aliphatic rings. The molecule has 0 bridgehead atoms. The van der Waals surface area contributed by atoms with E-state index in [1.165, 1.54) is 0 Å². The highest BCUT2D eigenvalue weighted by Crippen LogP contribution is 2.18. The zero-order valence-electron chi connectivity index (χ0n) is 14.7. The molecular weight excluding hydrogens is 316 g/mol. The van der Waals surface area contributed by atoms with Crippen molar-refractivity contribution in [3.63, 3.8) is 0 Å². The number of amides is 1. The molecule has 3 rings (SSSR count). The molecule has 0 spiro atoms. The van der Waals surface area contributed by atoms with Crippen LogP contribution < -0.4 is 4.90 Å². The van der Waals surface area contributed by atoms with E-state index in [1.807, 2.05) is 24.1 Å². The van der Waals surface area contributed by atoms with Gasteiger partial charge >= 0.3 is 0 Å². The molecule has 3 heterocycles. The third-order valence-electron chi connectivity index (χ3n) is 4.74. The van der Waals surface area contributed by atoms with Crippen LogP contribution in [0.5, 0.6) is 0 Å². The number of aromatic nitrogens is 3. The van der Waals surface area contributed by atoms with Gasteiger partial charge in [0.05, 0.1) is 12.7 Å². The van der Waals surface area contributed by atoms with Gasteiger partial charge in [-0.25, -0.2) is 4.98 Å². The van der Waals surface area contributed by atoms with Crippen LogP contribution in [-0.2, 0) is 4.79 Å². The Morgan fingerprint density at radius 3 is 2.48 bits per heavy atom. The summed E-state index contributed by atoms with van der Waals surface area (Å²) in [7, 11) is 1.98. The van der Waals surface area contributed by atoms with E-state index < -0.39 is 0 Å². The van der Waals surface area contributed by atoms with Crippen LogP contribution in [0.1, 0.15) is 18.5 Å². The van der Waals surface area contributed by atoms with Crippen LogP contribution in [0.2, 0.25) is 0 Å². The normalized spacial score (nSPS) is 16.1. The third-order valence-corrected chi connectivity index (χ3v) is 4.74. The first-order valence-corrected chi connectivity index (χ1v) is 8.54. The van der Waals surface area contributed by atoms with E-state index in [4.69, 9.17) is 0 Å². The molecule has 0 N–H and O–H groups in total. The molecule has 1 fully saturated rings. The van der Waals surface area contributed by atoms with Crippen LogP contribution >= 0.6 is 0 Å². The van der Waals surface area contributed by atoms with Crippen molar-refractivity contribution in [2.75, 3.05) is 44.7 Å². The maximum atomic E-state index is 12.6. The lowest BCUT2D eigenvalue weighted by Crippen LogP contribution is -2.51. The smallest absolute Gasteiger partial charge is 0.236 e. The monoisotopic (exact) mass is 340 g/mol. The number of likely N-dealkylation sites (N-methyl/N-ethyl adjacent to an activating group) is 1. The van der Waals surface area contributed by atoms with E-state index >= 15 is 0 Å². The number of carbonyl (C=O) groups is 1. The van der Waals surface area contributed by atoms with Crippen molar-refractivity contribution in [2.45, 2.75) is 13.0 Å². The Bertz CT molecular complexity index is 672. The van der Waals surface area contributed by atoms with Gasteiger partial charge in [-0.1, -0.05) is 0 Å². The number of hydrogen-bond acceptors (Lipinski definition) is 6. The molecule has 1 saturated heterocycles. The summed E-state index contributed by atoms with van der Waals surface area (Å²) in [6.45, 7) is 5.52. The second-order valence-electron chi connectivity index (χ2n) is 6.30. The fourth-order valence-electron chi connectivity index (χ4n) is 2.99. The maximum Gasteiger partial charge on any atom is 0.236 e. The first-order valence-electron chi connectivity index (χ1n) is 8.54. The van der Waals surface area contributed by atoms with Gasteiger partial charge in [0.1, 0.15) is 5.82 Å². The van der Waals surface area contributed by atoms with E-state index in [0.29, 0.717) is 19.6 Å². The molecule has 0 aromatic carbocycles.